The van der Waals surface area contributed by atoms with Gasteiger partial charge < -0.3 is 18.1 Å². The molecule has 0 fully saturated rings. The second kappa shape index (κ2) is 9.94. The quantitative estimate of drug-likeness (QED) is 0.396. The molecule has 0 saturated heterocycles. The zero-order valence-electron chi connectivity index (χ0n) is 13.8. The number of hydrogen-bond donors (Lipinski definition) is 0. The molecular formula is C13H28O6P2. The molecule has 0 unspecified atom stereocenters. The summed E-state index contributed by atoms with van der Waals surface area (Å²) in [6.45, 7) is 11.2. The van der Waals surface area contributed by atoms with E-state index in [1.165, 1.54) is 0 Å². The molecule has 0 rings (SSSR count). The molecular weight excluding hydrogens is 314 g/mol. The fraction of sp³-hybridized carbons (Fsp3) is 0.846. The van der Waals surface area contributed by atoms with Gasteiger partial charge in [0.15, 0.2) is 5.40 Å². The molecule has 0 saturated carbocycles. The maximum atomic E-state index is 13.0. The molecule has 0 aromatic carbocycles. The van der Waals surface area contributed by atoms with Gasteiger partial charge >= 0.3 is 15.2 Å². The van der Waals surface area contributed by atoms with E-state index in [9.17, 15) is 9.13 Å². The summed E-state index contributed by atoms with van der Waals surface area (Å²) in [4.78, 5) is 0. The van der Waals surface area contributed by atoms with Gasteiger partial charge in [0.25, 0.3) is 0 Å². The molecule has 21 heavy (non-hydrogen) atoms. The predicted octanol–water partition coefficient (Wildman–Crippen LogP) is 4.81. The topological polar surface area (TPSA) is 71.1 Å². The minimum atomic E-state index is -3.65. The van der Waals surface area contributed by atoms with Crippen LogP contribution in [-0.4, -0.2) is 31.8 Å². The molecule has 0 heterocycles. The molecule has 0 aromatic heterocycles. The Hall–Kier alpha value is 0.0400. The Morgan fingerprint density at radius 2 is 1.10 bits per heavy atom. The van der Waals surface area contributed by atoms with Crippen molar-refractivity contribution in [3.05, 3.63) is 11.6 Å². The normalized spacial score (nSPS) is 12.7. The Morgan fingerprint density at radius 1 is 0.810 bits per heavy atom. The van der Waals surface area contributed by atoms with Crippen molar-refractivity contribution in [1.29, 1.82) is 0 Å². The van der Waals surface area contributed by atoms with Crippen molar-refractivity contribution in [1.82, 2.24) is 0 Å². The predicted molar refractivity (Wildman–Crippen MR) is 84.9 cm³/mol. The summed E-state index contributed by atoms with van der Waals surface area (Å²) in [6, 6.07) is 0. The van der Waals surface area contributed by atoms with Crippen molar-refractivity contribution in [3.63, 3.8) is 0 Å². The van der Waals surface area contributed by atoms with Gasteiger partial charge in [-0.05, 0) is 41.5 Å². The summed E-state index contributed by atoms with van der Waals surface area (Å²) in [5.41, 5.74) is 0.833. The summed E-state index contributed by atoms with van der Waals surface area (Å²) in [5, 5.41) is -1.06. The molecule has 0 aliphatic rings. The number of hydrogen-bond acceptors (Lipinski definition) is 6. The molecule has 8 heteroatoms. The first-order valence-electron chi connectivity index (χ1n) is 7.22. The van der Waals surface area contributed by atoms with Crippen molar-refractivity contribution < 1.29 is 27.2 Å². The third-order valence-electron chi connectivity index (χ3n) is 2.37. The van der Waals surface area contributed by atoms with Crippen LogP contribution in [0.3, 0.4) is 0 Å². The number of allylic oxidation sites excluding steroid dienone is 2. The Balaban J connectivity index is 5.87. The van der Waals surface area contributed by atoms with Crippen molar-refractivity contribution in [2.24, 2.45) is 0 Å². The van der Waals surface area contributed by atoms with Crippen LogP contribution in [0.15, 0.2) is 11.6 Å². The second-order valence-electron chi connectivity index (χ2n) is 4.41. The lowest BCUT2D eigenvalue weighted by Crippen LogP contribution is -2.16. The Kier molecular flexibility index (Phi) is 9.96. The first kappa shape index (κ1) is 21.0. The van der Waals surface area contributed by atoms with Gasteiger partial charge in [0.05, 0.1) is 26.4 Å². The molecule has 0 N–H and O–H groups in total. The molecule has 6 nitrogen and oxygen atoms in total. The lowest BCUT2D eigenvalue weighted by molar-refractivity contribution is 0.200. The lowest BCUT2D eigenvalue weighted by atomic mass is 10.3. The minimum Gasteiger partial charge on any atom is -0.308 e. The van der Waals surface area contributed by atoms with Crippen LogP contribution in [0.4, 0.5) is 0 Å². The van der Waals surface area contributed by atoms with Crippen LogP contribution in [-0.2, 0) is 27.2 Å². The highest BCUT2D eigenvalue weighted by Gasteiger charge is 2.49. The van der Waals surface area contributed by atoms with Gasteiger partial charge in [0.2, 0.25) is 0 Å². The van der Waals surface area contributed by atoms with Crippen LogP contribution in [0.5, 0.6) is 0 Å². The largest absolute Gasteiger partial charge is 0.349 e. The van der Waals surface area contributed by atoms with Gasteiger partial charge in [-0.1, -0.05) is 11.6 Å². The molecule has 0 atom stereocenters. The lowest BCUT2D eigenvalue weighted by Gasteiger charge is -2.29. The van der Waals surface area contributed by atoms with Crippen LogP contribution in [0.1, 0.15) is 41.5 Å². The van der Waals surface area contributed by atoms with E-state index in [0.29, 0.717) is 0 Å². The Bertz CT molecular complexity index is 367. The zero-order valence-corrected chi connectivity index (χ0v) is 15.6. The minimum absolute atomic E-state index is 0.183. The highest BCUT2D eigenvalue weighted by molar-refractivity contribution is 7.73. The first-order chi connectivity index (χ1) is 9.79. The molecule has 0 aliphatic carbocycles. The van der Waals surface area contributed by atoms with Gasteiger partial charge in [0.1, 0.15) is 0 Å². The van der Waals surface area contributed by atoms with Crippen molar-refractivity contribution >= 4 is 15.2 Å². The fourth-order valence-electron chi connectivity index (χ4n) is 1.75. The van der Waals surface area contributed by atoms with E-state index in [1.807, 2.05) is 13.8 Å². The highest BCUT2D eigenvalue weighted by Crippen LogP contribution is 2.71. The van der Waals surface area contributed by atoms with E-state index in [0.717, 1.165) is 5.57 Å². The molecule has 0 radical (unpaired) electrons. The van der Waals surface area contributed by atoms with E-state index in [1.54, 1.807) is 33.8 Å². The molecule has 126 valence electrons. The van der Waals surface area contributed by atoms with Crippen LogP contribution in [0.2, 0.25) is 0 Å². The van der Waals surface area contributed by atoms with Crippen LogP contribution in [0.25, 0.3) is 0 Å². The van der Waals surface area contributed by atoms with E-state index < -0.39 is 20.6 Å². The standard InChI is InChI=1S/C13H28O6P2/c1-7-16-20(14,17-8-2)13(11-12(5)6)21(15,18-9-3)19-10-4/h11,13H,7-10H2,1-6H3. The zero-order chi connectivity index (χ0) is 16.5. The summed E-state index contributed by atoms with van der Waals surface area (Å²) >= 11 is 0. The SMILES string of the molecule is CCOP(=O)(OCC)C(C=C(C)C)P(=O)(OCC)OCC. The second-order valence-corrected chi connectivity index (χ2v) is 9.12. The van der Waals surface area contributed by atoms with Crippen LogP contribution < -0.4 is 0 Å². The highest BCUT2D eigenvalue weighted by atomic mass is 31.2. The average Bonchev–Trinajstić information content (AvgIpc) is 2.36. The molecule has 0 aliphatic heterocycles. The van der Waals surface area contributed by atoms with Crippen molar-refractivity contribution in [2.45, 2.75) is 46.9 Å². The van der Waals surface area contributed by atoms with Crippen LogP contribution in [0, 0.1) is 0 Å². The maximum Gasteiger partial charge on any atom is 0.349 e. The van der Waals surface area contributed by atoms with E-state index in [4.69, 9.17) is 18.1 Å². The maximum absolute atomic E-state index is 13.0. The van der Waals surface area contributed by atoms with Gasteiger partial charge in [-0.25, -0.2) is 0 Å². The Morgan fingerprint density at radius 3 is 1.29 bits per heavy atom. The van der Waals surface area contributed by atoms with Gasteiger partial charge in [-0.2, -0.15) is 0 Å². The van der Waals surface area contributed by atoms with Crippen molar-refractivity contribution in [3.8, 4) is 0 Å². The van der Waals surface area contributed by atoms with E-state index >= 15 is 0 Å². The Labute approximate surface area is 128 Å². The smallest absolute Gasteiger partial charge is 0.308 e. The first-order valence-corrected chi connectivity index (χ1v) is 10.4. The molecule has 0 amide bonds. The molecule has 0 spiro atoms. The fourth-order valence-corrected chi connectivity index (χ4v) is 7.10. The van der Waals surface area contributed by atoms with E-state index in [-0.39, 0.29) is 26.4 Å². The van der Waals surface area contributed by atoms with Gasteiger partial charge in [0, 0.05) is 0 Å². The molecule has 0 aromatic rings. The summed E-state index contributed by atoms with van der Waals surface area (Å²) in [6.07, 6.45) is 1.60. The third-order valence-corrected chi connectivity index (χ3v) is 8.13. The summed E-state index contributed by atoms with van der Waals surface area (Å²) in [7, 11) is -7.31. The van der Waals surface area contributed by atoms with E-state index in [2.05, 4.69) is 0 Å². The number of rotatable bonds is 11. The average molecular weight is 342 g/mol. The monoisotopic (exact) mass is 342 g/mol. The summed E-state index contributed by atoms with van der Waals surface area (Å²) < 4.78 is 47.4. The van der Waals surface area contributed by atoms with Crippen molar-refractivity contribution in [2.75, 3.05) is 26.4 Å². The van der Waals surface area contributed by atoms with Gasteiger partial charge in [-0.3, -0.25) is 9.13 Å². The van der Waals surface area contributed by atoms with Crippen LogP contribution >= 0.6 is 15.2 Å². The third kappa shape index (κ3) is 6.35. The summed E-state index contributed by atoms with van der Waals surface area (Å²) in [5.74, 6) is 0. The van der Waals surface area contributed by atoms with Gasteiger partial charge in [-0.15, -0.1) is 0 Å². The molecule has 0 bridgehead atoms.